The molecule has 1 heterocycles. The highest BCUT2D eigenvalue weighted by Crippen LogP contribution is 2.64. The van der Waals surface area contributed by atoms with Crippen LogP contribution in [0.3, 0.4) is 0 Å². The Hall–Kier alpha value is -3.42. The Morgan fingerprint density at radius 2 is 0.610 bits per heavy atom. The number of hydrogen-bond donors (Lipinski definition) is 3. The number of alkyl halides is 18. The maximum absolute atomic E-state index is 13.5. The lowest BCUT2D eigenvalue weighted by Crippen LogP contribution is -2.63. The van der Waals surface area contributed by atoms with Crippen molar-refractivity contribution in [2.24, 2.45) is 0 Å². The van der Waals surface area contributed by atoms with Gasteiger partial charge in [-0.3, -0.25) is 0 Å². The first-order valence-corrected chi connectivity index (χ1v) is 9.91. The van der Waals surface area contributed by atoms with Gasteiger partial charge in [0.1, 0.15) is 11.5 Å². The maximum atomic E-state index is 13.5. The molecule has 21 heteroatoms. The zero-order valence-electron chi connectivity index (χ0n) is 18.5. The fourth-order valence-electron chi connectivity index (χ4n) is 4.46. The Morgan fingerprint density at radius 1 is 0.390 bits per heavy atom. The molecule has 0 saturated heterocycles. The molecule has 0 aliphatic carbocycles. The molecule has 0 saturated carbocycles. The lowest BCUT2D eigenvalue weighted by atomic mass is 9.76. The summed E-state index contributed by atoms with van der Waals surface area (Å²) in [6.07, 6.45) is -43.6. The summed E-state index contributed by atoms with van der Waals surface area (Å²) in [7, 11) is 0. The van der Waals surface area contributed by atoms with Gasteiger partial charge in [-0.15, -0.1) is 0 Å². The van der Waals surface area contributed by atoms with Gasteiger partial charge in [-0.05, 0) is 24.3 Å². The second-order valence-electron chi connectivity index (χ2n) is 8.44. The van der Waals surface area contributed by atoms with Crippen molar-refractivity contribution in [3.63, 3.8) is 0 Å². The predicted octanol–water partition coefficient (Wildman–Crippen LogP) is 8.58. The van der Waals surface area contributed by atoms with Crippen LogP contribution >= 0.6 is 0 Å². The molecule has 0 fully saturated rings. The average Bonchev–Trinajstić information content (AvgIpc) is 2.98. The van der Waals surface area contributed by atoms with Gasteiger partial charge in [0.05, 0.1) is 0 Å². The van der Waals surface area contributed by atoms with Gasteiger partial charge in [-0.1, -0.05) is 0 Å². The summed E-state index contributed by atoms with van der Waals surface area (Å²) >= 11 is 0. The third-order valence-electron chi connectivity index (χ3n) is 6.19. The van der Waals surface area contributed by atoms with Crippen molar-refractivity contribution in [3.05, 3.63) is 35.4 Å². The van der Waals surface area contributed by atoms with Gasteiger partial charge >= 0.3 is 37.1 Å². The van der Waals surface area contributed by atoms with Crippen LogP contribution in [0.15, 0.2) is 24.3 Å². The van der Waals surface area contributed by atoms with Crippen LogP contribution in [0.1, 0.15) is 11.1 Å². The Labute approximate surface area is 211 Å². The molecule has 0 amide bonds. The zero-order chi connectivity index (χ0) is 32.2. The van der Waals surface area contributed by atoms with Gasteiger partial charge in [0.25, 0.3) is 10.8 Å². The van der Waals surface area contributed by atoms with E-state index in [2.05, 4.69) is 0 Å². The number of phenolic OH excluding ortho intramolecular Hbond substituents is 2. The van der Waals surface area contributed by atoms with E-state index in [1.165, 1.54) is 4.98 Å². The first-order chi connectivity index (χ1) is 18.0. The van der Waals surface area contributed by atoms with Crippen LogP contribution in [0.5, 0.6) is 11.5 Å². The number of fused-ring (bicyclic) bond motifs is 3. The molecule has 3 aromatic rings. The second-order valence-corrected chi connectivity index (χ2v) is 8.44. The van der Waals surface area contributed by atoms with Crippen LogP contribution in [-0.2, 0) is 10.8 Å². The number of aromatic hydroxyl groups is 2. The molecule has 0 radical (unpaired) electrons. The maximum Gasteiger partial charge on any atom is 0.416 e. The van der Waals surface area contributed by atoms with E-state index < -0.39 is 104 Å². The van der Waals surface area contributed by atoms with E-state index in [0.29, 0.717) is 0 Å². The molecule has 0 bridgehead atoms. The third kappa shape index (κ3) is 4.16. The normalized spacial score (nSPS) is 15.3. The van der Waals surface area contributed by atoms with Crippen molar-refractivity contribution in [1.29, 1.82) is 0 Å². The van der Waals surface area contributed by atoms with E-state index in [1.807, 2.05) is 0 Å². The molecule has 230 valence electrons. The van der Waals surface area contributed by atoms with Crippen molar-refractivity contribution in [2.45, 2.75) is 47.9 Å². The molecular formula is C20H7F18NO2. The molecule has 0 aliphatic rings. The van der Waals surface area contributed by atoms with E-state index >= 15 is 0 Å². The van der Waals surface area contributed by atoms with E-state index in [0.717, 1.165) is 0 Å². The van der Waals surface area contributed by atoms with Crippen LogP contribution < -0.4 is 0 Å². The number of aromatic amines is 1. The van der Waals surface area contributed by atoms with Gasteiger partial charge in [0.2, 0.25) is 0 Å². The highest BCUT2D eigenvalue weighted by atomic mass is 19.4. The minimum Gasteiger partial charge on any atom is -0.508 e. The van der Waals surface area contributed by atoms with Crippen molar-refractivity contribution in [3.8, 4) is 11.5 Å². The molecule has 3 N–H and O–H groups in total. The van der Waals surface area contributed by atoms with Crippen molar-refractivity contribution >= 4 is 21.8 Å². The Balaban J connectivity index is 2.54. The Morgan fingerprint density at radius 3 is 0.805 bits per heavy atom. The summed E-state index contributed by atoms with van der Waals surface area (Å²) < 4.78 is 243. The highest BCUT2D eigenvalue weighted by molar-refractivity contribution is 6.09. The first-order valence-electron chi connectivity index (χ1n) is 9.91. The number of aromatic nitrogens is 1. The predicted molar refractivity (Wildman–Crippen MR) is 98.8 cm³/mol. The molecule has 41 heavy (non-hydrogen) atoms. The van der Waals surface area contributed by atoms with Gasteiger partial charge in [0, 0.05) is 32.9 Å². The highest BCUT2D eigenvalue weighted by Gasteiger charge is 2.86. The van der Waals surface area contributed by atoms with Crippen LogP contribution in [0.2, 0.25) is 0 Å². The molecule has 0 spiro atoms. The number of rotatable bonds is 2. The second kappa shape index (κ2) is 8.55. The molecule has 2 aromatic carbocycles. The Bertz CT molecular complexity index is 1300. The molecule has 3 nitrogen and oxygen atoms in total. The minimum absolute atomic E-state index is 0.245. The topological polar surface area (TPSA) is 56.2 Å². The van der Waals surface area contributed by atoms with Crippen molar-refractivity contribution in [2.75, 3.05) is 0 Å². The summed E-state index contributed by atoms with van der Waals surface area (Å²) in [6, 6.07) is -1.77. The molecular weight excluding hydrogens is 628 g/mol. The number of hydrogen-bond acceptors (Lipinski definition) is 2. The van der Waals surface area contributed by atoms with E-state index in [4.69, 9.17) is 0 Å². The minimum atomic E-state index is -7.27. The molecule has 1 aromatic heterocycles. The van der Waals surface area contributed by atoms with Crippen molar-refractivity contribution < 1.29 is 89.2 Å². The number of H-pyrrole nitrogens is 1. The molecule has 0 aliphatic heterocycles. The van der Waals surface area contributed by atoms with Gasteiger partial charge in [0.15, 0.2) is 0 Å². The number of nitrogens with one attached hydrogen (secondary N) is 1. The summed E-state index contributed by atoms with van der Waals surface area (Å²) in [6.45, 7) is 0. The van der Waals surface area contributed by atoms with Crippen LogP contribution in [0.25, 0.3) is 21.8 Å². The van der Waals surface area contributed by atoms with E-state index in [1.54, 1.807) is 0 Å². The standard InChI is InChI=1S/C20H7F18NO2/c21-15(22,23)13(16(24,25)26,17(27,28)29)7-3-9-5(1-11(7)40)6-2-12(41)8(4-10(6)39-9)14(18(30,31)32,19(33,34)35)20(36,37)38/h1-4,39-41H. The number of phenols is 2. The van der Waals surface area contributed by atoms with Gasteiger partial charge in [-0.2, -0.15) is 79.0 Å². The lowest BCUT2D eigenvalue weighted by Gasteiger charge is -2.39. The van der Waals surface area contributed by atoms with Crippen LogP contribution in [0.4, 0.5) is 79.0 Å². The SMILES string of the molecule is Oc1cc2c(cc1C(C(F)(F)F)(C(F)(F)F)C(F)(F)F)[nH]c1cc(C(C(F)(F)F)(C(F)(F)F)C(F)(F)F)c(O)cc12. The van der Waals surface area contributed by atoms with E-state index in [9.17, 15) is 89.2 Å². The number of benzene rings is 2. The van der Waals surface area contributed by atoms with E-state index in [-0.39, 0.29) is 12.1 Å². The van der Waals surface area contributed by atoms with Crippen LogP contribution in [0, 0.1) is 0 Å². The summed E-state index contributed by atoms with van der Waals surface area (Å²) in [4.78, 5) is 1.54. The average molecular weight is 635 g/mol. The molecule has 3 rings (SSSR count). The largest absolute Gasteiger partial charge is 0.508 e. The van der Waals surface area contributed by atoms with Gasteiger partial charge < -0.3 is 15.2 Å². The fraction of sp³-hybridized carbons (Fsp3) is 0.400. The summed E-state index contributed by atoms with van der Waals surface area (Å²) in [5.74, 6) is -4.77. The number of halogens is 18. The summed E-state index contributed by atoms with van der Waals surface area (Å²) in [5, 5.41) is 17.7. The van der Waals surface area contributed by atoms with Crippen molar-refractivity contribution in [1.82, 2.24) is 4.98 Å². The molecule has 0 unspecified atom stereocenters. The van der Waals surface area contributed by atoms with Crippen LogP contribution in [-0.4, -0.2) is 52.3 Å². The van der Waals surface area contributed by atoms with Gasteiger partial charge in [-0.25, -0.2) is 0 Å². The molecule has 0 atom stereocenters. The summed E-state index contributed by atoms with van der Waals surface area (Å²) in [5.41, 5.74) is -22.2. The zero-order valence-corrected chi connectivity index (χ0v) is 18.5. The monoisotopic (exact) mass is 635 g/mol. The third-order valence-corrected chi connectivity index (χ3v) is 6.19. The lowest BCUT2D eigenvalue weighted by molar-refractivity contribution is -0.389. The first kappa shape index (κ1) is 32.1. The quantitative estimate of drug-likeness (QED) is 0.247. The fourth-order valence-corrected chi connectivity index (χ4v) is 4.46. The smallest absolute Gasteiger partial charge is 0.416 e. The Kier molecular flexibility index (Phi) is 6.70.